The fraction of sp³-hybridized carbons (Fsp3) is 0.957. The number of ether oxygens (including phenoxy) is 6. The number of nitrogens with one attached hydrogen (secondary N) is 2. The fourth-order valence-corrected chi connectivity index (χ4v) is 11.8. The van der Waals surface area contributed by atoms with Gasteiger partial charge in [0.05, 0.1) is 36.6 Å². The lowest BCUT2D eigenvalue weighted by atomic mass is 9.78. The average molecular weight is 1230 g/mol. The van der Waals surface area contributed by atoms with Crippen LogP contribution in [0.2, 0.25) is 0 Å². The Balaban J connectivity index is 0.00000126. The zero-order chi connectivity index (χ0) is 64.0. The van der Waals surface area contributed by atoms with Gasteiger partial charge in [0.2, 0.25) is 0 Å². The number of ketones is 3. The lowest BCUT2D eigenvalue weighted by molar-refractivity contribution is -0.293. The van der Waals surface area contributed by atoms with Gasteiger partial charge in [0.25, 0.3) is 0 Å². The predicted octanol–water partition coefficient (Wildman–Crippen LogP) is 11.7. The van der Waals surface area contributed by atoms with Crippen molar-refractivity contribution in [1.82, 2.24) is 10.6 Å². The summed E-state index contributed by atoms with van der Waals surface area (Å²) >= 11 is 0. The van der Waals surface area contributed by atoms with Gasteiger partial charge in [-0.2, -0.15) is 0 Å². The van der Waals surface area contributed by atoms with E-state index in [9.17, 15) is 45.0 Å². The highest BCUT2D eigenvalue weighted by molar-refractivity contribution is 5.84. The molecule has 3 aliphatic heterocycles. The van der Waals surface area contributed by atoms with Gasteiger partial charge >= 0.3 is 0 Å². The second-order valence-corrected chi connectivity index (χ2v) is 26.6. The quantitative estimate of drug-likeness (QED) is 0.0264. The van der Waals surface area contributed by atoms with Crippen LogP contribution in [-0.2, 0) is 42.8 Å². The highest BCUT2D eigenvalue weighted by Gasteiger charge is 2.51. The molecule has 0 bridgehead atoms. The average Bonchev–Trinajstić information content (AvgIpc) is 2.63. The molecule has 15 atom stereocenters. The molecule has 3 rings (SSSR count). The van der Waals surface area contributed by atoms with Crippen molar-refractivity contribution in [3.8, 4) is 0 Å². The molecule has 0 aromatic carbocycles. The van der Waals surface area contributed by atoms with Crippen LogP contribution in [0.1, 0.15) is 272 Å². The monoisotopic (exact) mass is 1230 g/mol. The number of aliphatic hydroxyl groups is 6. The Morgan fingerprint density at radius 1 is 0.337 bits per heavy atom. The van der Waals surface area contributed by atoms with E-state index in [0.29, 0.717) is 19.3 Å². The zero-order valence-corrected chi connectivity index (χ0v) is 56.5. The van der Waals surface area contributed by atoms with E-state index in [0.717, 1.165) is 84.0 Å². The molecule has 0 aliphatic carbocycles. The minimum absolute atomic E-state index is 0. The summed E-state index contributed by atoms with van der Waals surface area (Å²) in [5, 5.41) is 69.6. The molecule has 0 aromatic rings. The second kappa shape index (κ2) is 49.1. The number of rotatable bonds is 43. The van der Waals surface area contributed by atoms with E-state index in [-0.39, 0.29) is 60.8 Å². The Hall–Kier alpha value is -1.55. The topological polar surface area (TPSA) is 252 Å². The van der Waals surface area contributed by atoms with Crippen LogP contribution in [-0.4, -0.2) is 166 Å². The molecule has 3 saturated heterocycles. The van der Waals surface area contributed by atoms with Gasteiger partial charge < -0.3 is 69.7 Å². The first-order valence-corrected chi connectivity index (χ1v) is 34.4. The molecule has 0 saturated carbocycles. The number of aliphatic hydroxyl groups excluding tert-OH is 6. The molecular formula is C69H136N2O15. The van der Waals surface area contributed by atoms with Gasteiger partial charge in [0.15, 0.2) is 36.2 Å². The highest BCUT2D eigenvalue weighted by Crippen LogP contribution is 2.37. The number of Topliss-reactive ketones (excluding diaryl/α,β-unsaturated/α-hetero) is 3. The Morgan fingerprint density at radius 2 is 0.558 bits per heavy atom. The summed E-state index contributed by atoms with van der Waals surface area (Å²) in [6.45, 7) is 33.6. The third-order valence-electron chi connectivity index (χ3n) is 16.7. The fourth-order valence-electron chi connectivity index (χ4n) is 11.8. The molecule has 0 aromatic heterocycles. The third kappa shape index (κ3) is 33.2. The molecule has 0 radical (unpaired) electrons. The van der Waals surface area contributed by atoms with Gasteiger partial charge in [-0.15, -0.1) is 0 Å². The Kier molecular flexibility index (Phi) is 48.2. The minimum Gasteiger partial charge on any atom is -0.390 e. The molecule has 86 heavy (non-hydrogen) atoms. The van der Waals surface area contributed by atoms with Crippen LogP contribution < -0.4 is 10.6 Å². The summed E-state index contributed by atoms with van der Waals surface area (Å²) < 4.78 is 34.4. The third-order valence-corrected chi connectivity index (χ3v) is 16.7. The van der Waals surface area contributed by atoms with Crippen molar-refractivity contribution in [2.45, 2.75) is 364 Å². The molecule has 0 spiro atoms. The standard InChI is InChI=1S/C25H49NO5.C22H42O5.C21H41NO5.CH4/c1-6-7-16-26-17-14-12-10-8-9-11-13-15-20(27)24-21(18(2)3)22(28)23(29)25(31-24)30-19(4)5;1-6-7-8-9-10-11-12-13-14-17(23)21-18(15(2)3)19(24)20(25)22(27-21)26-16(4)5;1-6-7-12-22-13-10-8-9-11-16(23)20-17(14(2)3)18(24)19(25)21(27-20)26-15(4)5;/h18-19,21-26,28-29H,6-17H2,1-5H3;15-16,18-22,24-25H,6-14H2,1-5H3;14-15,17-22,24-25H,6-13H2,1-5H3;1H4. The van der Waals surface area contributed by atoms with Crippen molar-refractivity contribution in [3.05, 3.63) is 0 Å². The summed E-state index contributed by atoms with van der Waals surface area (Å²) in [4.78, 5) is 38.5. The molecule has 8 N–H and O–H groups in total. The predicted molar refractivity (Wildman–Crippen MR) is 346 cm³/mol. The van der Waals surface area contributed by atoms with Crippen LogP contribution in [0.25, 0.3) is 0 Å². The van der Waals surface area contributed by atoms with Crippen molar-refractivity contribution in [1.29, 1.82) is 0 Å². The zero-order valence-electron chi connectivity index (χ0n) is 56.5. The molecule has 0 amide bonds. The number of hydrogen-bond acceptors (Lipinski definition) is 17. The maximum absolute atomic E-state index is 12.9. The summed E-state index contributed by atoms with van der Waals surface area (Å²) in [5.41, 5.74) is 0. The van der Waals surface area contributed by atoms with Crippen LogP contribution >= 0.6 is 0 Å². The summed E-state index contributed by atoms with van der Waals surface area (Å²) in [5.74, 6) is -1.15. The largest absolute Gasteiger partial charge is 0.390 e. The van der Waals surface area contributed by atoms with E-state index in [1.54, 1.807) is 0 Å². The van der Waals surface area contributed by atoms with Crippen molar-refractivity contribution in [3.63, 3.8) is 0 Å². The minimum atomic E-state index is -1.14. The van der Waals surface area contributed by atoms with Gasteiger partial charge in [0, 0.05) is 37.0 Å². The first kappa shape index (κ1) is 84.5. The number of hydrogen-bond donors (Lipinski definition) is 8. The van der Waals surface area contributed by atoms with Crippen LogP contribution in [0.5, 0.6) is 0 Å². The van der Waals surface area contributed by atoms with E-state index in [1.165, 1.54) is 83.5 Å². The smallest absolute Gasteiger partial charge is 0.187 e. The summed E-state index contributed by atoms with van der Waals surface area (Å²) in [6, 6.07) is 0. The van der Waals surface area contributed by atoms with Gasteiger partial charge in [-0.1, -0.05) is 166 Å². The maximum Gasteiger partial charge on any atom is 0.187 e. The van der Waals surface area contributed by atoms with E-state index in [1.807, 2.05) is 83.1 Å². The van der Waals surface area contributed by atoms with Crippen molar-refractivity contribution in [2.75, 3.05) is 26.2 Å². The first-order valence-electron chi connectivity index (χ1n) is 34.4. The van der Waals surface area contributed by atoms with Crippen molar-refractivity contribution < 1.29 is 73.4 Å². The van der Waals surface area contributed by atoms with Crippen molar-refractivity contribution in [2.24, 2.45) is 35.5 Å². The van der Waals surface area contributed by atoms with E-state index >= 15 is 0 Å². The lowest BCUT2D eigenvalue weighted by Crippen LogP contribution is -2.59. The Bertz CT molecular complexity index is 1590. The van der Waals surface area contributed by atoms with E-state index in [4.69, 9.17) is 28.4 Å². The summed E-state index contributed by atoms with van der Waals surface area (Å²) in [7, 11) is 0. The molecule has 17 heteroatoms. The molecule has 3 aliphatic rings. The Morgan fingerprint density at radius 3 is 0.802 bits per heavy atom. The normalized spacial score (nSPS) is 27.7. The molecular weight excluding hydrogens is 1100 g/mol. The number of carbonyl (C=O) groups is 3. The first-order chi connectivity index (χ1) is 40.4. The molecule has 512 valence electrons. The van der Waals surface area contributed by atoms with Crippen LogP contribution in [0.4, 0.5) is 0 Å². The van der Waals surface area contributed by atoms with Gasteiger partial charge in [-0.25, -0.2) is 0 Å². The molecule has 3 heterocycles. The maximum atomic E-state index is 12.9. The van der Waals surface area contributed by atoms with Crippen LogP contribution in [0.3, 0.4) is 0 Å². The van der Waals surface area contributed by atoms with Crippen LogP contribution in [0.15, 0.2) is 0 Å². The van der Waals surface area contributed by atoms with Gasteiger partial charge in [0.1, 0.15) is 36.6 Å². The van der Waals surface area contributed by atoms with Crippen LogP contribution in [0, 0.1) is 35.5 Å². The molecule has 3 fully saturated rings. The second-order valence-electron chi connectivity index (χ2n) is 26.6. The Labute approximate surface area is 525 Å². The number of carbonyl (C=O) groups excluding carboxylic acids is 3. The van der Waals surface area contributed by atoms with E-state index in [2.05, 4.69) is 31.4 Å². The SMILES string of the molecule is C.CCCCCCCCCCC(=O)C1OC(OC(C)C)C(O)C(O)C1C(C)C.CCCCNCCCCCC(=O)C1OC(OC(C)C)C(O)C(O)C1C(C)C.CCCCNCCCCCCCCCC(=O)C1OC(OC(C)C)C(O)C(O)C1C(C)C. The molecule has 15 unspecified atom stereocenters. The number of unbranched alkanes of at least 4 members (excludes halogenated alkanes) is 17. The highest BCUT2D eigenvalue weighted by atomic mass is 16.7. The molecule has 17 nitrogen and oxygen atoms in total. The van der Waals surface area contributed by atoms with E-state index < -0.39 is 91.6 Å². The lowest BCUT2D eigenvalue weighted by Gasteiger charge is -2.44. The van der Waals surface area contributed by atoms with Crippen molar-refractivity contribution >= 4 is 17.3 Å². The van der Waals surface area contributed by atoms with Gasteiger partial charge in [-0.05, 0) is 130 Å². The summed E-state index contributed by atoms with van der Waals surface area (Å²) in [6.07, 6.45) is 14.5. The van der Waals surface area contributed by atoms with Gasteiger partial charge in [-0.3, -0.25) is 14.4 Å².